The van der Waals surface area contributed by atoms with Crippen LogP contribution in [0.4, 0.5) is 26.3 Å². The molecule has 0 aromatic heterocycles. The Labute approximate surface area is 159 Å². The first kappa shape index (κ1) is 25.2. The molecule has 0 N–H and O–H groups in total. The summed E-state index contributed by atoms with van der Waals surface area (Å²) in [7, 11) is -12.2. The average Bonchev–Trinajstić information content (AvgIpc) is 2.78. The van der Waals surface area contributed by atoms with Crippen molar-refractivity contribution in [3.05, 3.63) is 41.5 Å². The van der Waals surface area contributed by atoms with Gasteiger partial charge in [0.1, 0.15) is 0 Å². The van der Waals surface area contributed by atoms with Gasteiger partial charge in [0, 0.05) is 0 Å². The van der Waals surface area contributed by atoms with Crippen LogP contribution in [-0.2, 0) is 45.0 Å². The van der Waals surface area contributed by atoms with E-state index in [0.29, 0.717) is 3.63 Å². The fourth-order valence-corrected chi connectivity index (χ4v) is 2.13. The first-order valence-electron chi connectivity index (χ1n) is 5.90. The van der Waals surface area contributed by atoms with Crippen LogP contribution in [0.25, 0.3) is 6.08 Å². The van der Waals surface area contributed by atoms with Crippen molar-refractivity contribution in [1.82, 2.24) is 0 Å². The van der Waals surface area contributed by atoms with Crippen molar-refractivity contribution in [1.29, 1.82) is 0 Å². The topological polar surface area (TPSA) is 114 Å². The molecular formula is C11H7F6O6S2Zr. The molecule has 0 spiro atoms. The summed E-state index contributed by atoms with van der Waals surface area (Å²) in [6, 6.07) is 8.60. The van der Waals surface area contributed by atoms with Gasteiger partial charge in [-0.1, -0.05) is 0 Å². The Bertz CT molecular complexity index is 803. The molecule has 15 heteroatoms. The Hall–Kier alpha value is -0.757. The normalized spacial score (nSPS) is 16.8. The van der Waals surface area contributed by atoms with Crippen LogP contribution in [0.1, 0.15) is 14.8 Å². The second-order valence-electron chi connectivity index (χ2n) is 4.27. The third-order valence-electron chi connectivity index (χ3n) is 2.37. The first-order chi connectivity index (χ1) is 11.4. The number of rotatable bonds is 0. The number of alkyl halides is 6. The molecule has 145 valence electrons. The zero-order valence-electron chi connectivity index (χ0n) is 12.1. The number of hydrogen-bond donors (Lipinski definition) is 0. The summed E-state index contributed by atoms with van der Waals surface area (Å²) in [6.07, 6.45) is 4.50. The predicted octanol–water partition coefficient (Wildman–Crippen LogP) is 2.40. The minimum absolute atomic E-state index is 0.711. The summed E-state index contributed by atoms with van der Waals surface area (Å²) in [5, 5.41) is 0. The van der Waals surface area contributed by atoms with E-state index >= 15 is 0 Å². The quantitative estimate of drug-likeness (QED) is 0.305. The molecule has 1 aliphatic rings. The molecule has 1 aromatic carbocycles. The molecule has 0 saturated heterocycles. The van der Waals surface area contributed by atoms with Crippen LogP contribution in [0.2, 0.25) is 0 Å². The Kier molecular flexibility index (Phi) is 8.69. The molecule has 26 heavy (non-hydrogen) atoms. The summed E-state index contributed by atoms with van der Waals surface area (Å²) in [6.45, 7) is 0. The van der Waals surface area contributed by atoms with Crippen molar-refractivity contribution in [3.63, 3.8) is 0 Å². The van der Waals surface area contributed by atoms with Crippen molar-refractivity contribution >= 4 is 26.3 Å². The average molecular weight is 505 g/mol. The van der Waals surface area contributed by atoms with Crippen LogP contribution in [0.5, 0.6) is 0 Å². The van der Waals surface area contributed by atoms with Crippen molar-refractivity contribution < 1.29 is 77.0 Å². The Balaban J connectivity index is 0.000000366. The second-order valence-corrected chi connectivity index (χ2v) is 8.54. The van der Waals surface area contributed by atoms with Gasteiger partial charge in [0.05, 0.1) is 0 Å². The van der Waals surface area contributed by atoms with E-state index in [9.17, 15) is 26.3 Å². The molecule has 0 fully saturated rings. The second kappa shape index (κ2) is 8.96. The molecular weight excluding hydrogens is 497 g/mol. The standard InChI is InChI=1S/C9H7.2CHF3O3S.Zr/c1-2-5-9-7-3-6-8(9)4-1;2*2-1(3,4)8(5,6)7;/h1-7H;2*(H,5,6,7);/q;;;+2/p-2. The van der Waals surface area contributed by atoms with E-state index in [0.717, 1.165) is 0 Å². The fourth-order valence-electron chi connectivity index (χ4n) is 1.25. The van der Waals surface area contributed by atoms with Gasteiger partial charge >= 0.3 is 86.9 Å². The van der Waals surface area contributed by atoms with Crippen molar-refractivity contribution in [2.24, 2.45) is 0 Å². The summed E-state index contributed by atoms with van der Waals surface area (Å²) in [4.78, 5) is 0. The number of hydrogen-bond acceptors (Lipinski definition) is 6. The molecule has 1 aromatic rings. The molecule has 0 aliphatic heterocycles. The van der Waals surface area contributed by atoms with Crippen LogP contribution >= 0.6 is 0 Å². The van der Waals surface area contributed by atoms with E-state index in [4.69, 9.17) is 25.9 Å². The summed E-state index contributed by atoms with van der Waals surface area (Å²) in [5.41, 5.74) is -8.38. The predicted molar refractivity (Wildman–Crippen MR) is 69.7 cm³/mol. The van der Waals surface area contributed by atoms with Crippen LogP contribution in [0, 0.1) is 0 Å². The molecule has 0 bridgehead atoms. The molecule has 2 rings (SSSR count). The molecule has 6 nitrogen and oxygen atoms in total. The summed E-state index contributed by atoms with van der Waals surface area (Å²) >= 11 is 1.59. The Morgan fingerprint density at radius 1 is 0.846 bits per heavy atom. The van der Waals surface area contributed by atoms with Crippen LogP contribution < -0.4 is 0 Å². The Morgan fingerprint density at radius 3 is 1.50 bits per heavy atom. The molecule has 0 saturated carbocycles. The maximum absolute atomic E-state index is 10.7. The van der Waals surface area contributed by atoms with Gasteiger partial charge in [-0.25, -0.2) is 16.8 Å². The van der Waals surface area contributed by atoms with Crippen LogP contribution in [0.3, 0.4) is 0 Å². The zero-order chi connectivity index (χ0) is 21.0. The number of allylic oxidation sites excluding steroid dienone is 1. The van der Waals surface area contributed by atoms with Gasteiger partial charge in [-0.05, 0) is 0 Å². The van der Waals surface area contributed by atoms with Gasteiger partial charge in [-0.2, -0.15) is 26.3 Å². The maximum atomic E-state index is 10.7. The number of fused-ring (bicyclic) bond motifs is 1. The third kappa shape index (κ3) is 8.29. The molecule has 1 atom stereocenters. The monoisotopic (exact) mass is 503 g/mol. The molecule has 1 aliphatic carbocycles. The zero-order valence-corrected chi connectivity index (χ0v) is 16.2. The molecule has 0 heterocycles. The Morgan fingerprint density at radius 2 is 1.19 bits per heavy atom. The summed E-state index contributed by atoms with van der Waals surface area (Å²) < 4.78 is 119. The van der Waals surface area contributed by atoms with Gasteiger partial charge in [-0.3, -0.25) is 0 Å². The van der Waals surface area contributed by atoms with E-state index in [1.165, 1.54) is 11.1 Å². The van der Waals surface area contributed by atoms with Gasteiger partial charge in [0.25, 0.3) is 0 Å². The van der Waals surface area contributed by atoms with Gasteiger partial charge < -0.3 is 9.11 Å². The van der Waals surface area contributed by atoms with E-state index in [1.807, 2.05) is 0 Å². The number of benzene rings is 1. The fraction of sp³-hybridized carbons (Fsp3) is 0.273. The SMILES string of the molecule is O=S(=O)([O-])C(F)(F)F.O=S(=O)([O-])C(F)(F)F.[Zr+2][CH]1C=Cc2ccccc21. The molecule has 0 radical (unpaired) electrons. The van der Waals surface area contributed by atoms with E-state index < -0.39 is 31.3 Å². The van der Waals surface area contributed by atoms with Crippen molar-refractivity contribution in [2.75, 3.05) is 0 Å². The van der Waals surface area contributed by atoms with Crippen LogP contribution in [-0.4, -0.2) is 37.0 Å². The van der Waals surface area contributed by atoms with Crippen LogP contribution in [0.15, 0.2) is 30.3 Å². The number of halogens is 6. The van der Waals surface area contributed by atoms with E-state index in [1.54, 1.807) is 24.7 Å². The molecule has 0 amide bonds. The van der Waals surface area contributed by atoms with Crippen molar-refractivity contribution in [3.8, 4) is 0 Å². The van der Waals surface area contributed by atoms with Gasteiger partial charge in [0.15, 0.2) is 20.2 Å². The van der Waals surface area contributed by atoms with Gasteiger partial charge in [0.2, 0.25) is 0 Å². The minimum atomic E-state index is -6.09. The van der Waals surface area contributed by atoms with Gasteiger partial charge in [-0.15, -0.1) is 0 Å². The summed E-state index contributed by atoms with van der Waals surface area (Å²) in [5.74, 6) is 0. The first-order valence-corrected chi connectivity index (χ1v) is 10.1. The van der Waals surface area contributed by atoms with Crippen molar-refractivity contribution in [2.45, 2.75) is 14.6 Å². The third-order valence-corrected chi connectivity index (χ3v) is 4.74. The molecule has 1 unspecified atom stereocenters. The van der Waals surface area contributed by atoms with E-state index in [2.05, 4.69) is 36.4 Å². The van der Waals surface area contributed by atoms with E-state index in [-0.39, 0.29) is 0 Å².